The van der Waals surface area contributed by atoms with E-state index in [9.17, 15) is 0 Å². The number of fused-ring (bicyclic) bond motifs is 1. The van der Waals surface area contributed by atoms with Gasteiger partial charge in [-0.3, -0.25) is 0 Å². The molecule has 0 aliphatic rings. The lowest BCUT2D eigenvalue weighted by molar-refractivity contribution is 1.21. The summed E-state index contributed by atoms with van der Waals surface area (Å²) in [7, 11) is 0. The molecule has 0 aliphatic carbocycles. The number of rotatable bonds is 2. The molecule has 3 rings (SSSR count). The van der Waals surface area contributed by atoms with Crippen LogP contribution in [0.4, 0.5) is 17.2 Å². The Hall–Kier alpha value is -2.33. The quantitative estimate of drug-likeness (QED) is 0.700. The molecular weight excluding hydrogens is 272 g/mol. The van der Waals surface area contributed by atoms with Gasteiger partial charge in [-0.05, 0) is 36.8 Å². The van der Waals surface area contributed by atoms with Crippen LogP contribution in [0.1, 0.15) is 5.56 Å². The lowest BCUT2D eigenvalue weighted by Crippen LogP contribution is -1.99. The zero-order valence-electron chi connectivity index (χ0n) is 10.9. The predicted molar refractivity (Wildman–Crippen MR) is 83.4 cm³/mol. The summed E-state index contributed by atoms with van der Waals surface area (Å²) in [5, 5.41) is 4.79. The van der Waals surface area contributed by atoms with Crippen molar-refractivity contribution in [3.05, 3.63) is 53.3 Å². The van der Waals surface area contributed by atoms with Crippen molar-refractivity contribution >= 4 is 39.7 Å². The van der Waals surface area contributed by atoms with Gasteiger partial charge in [-0.25, -0.2) is 9.97 Å². The lowest BCUT2D eigenvalue weighted by Gasteiger charge is -2.12. The lowest BCUT2D eigenvalue weighted by atomic mass is 10.1. The number of nitrogen functional groups attached to an aromatic ring is 1. The molecular formula is C15H13ClN4. The van der Waals surface area contributed by atoms with Crippen LogP contribution in [0.3, 0.4) is 0 Å². The zero-order valence-corrected chi connectivity index (χ0v) is 11.6. The van der Waals surface area contributed by atoms with Crippen molar-refractivity contribution < 1.29 is 0 Å². The molecule has 3 N–H and O–H groups in total. The van der Waals surface area contributed by atoms with Gasteiger partial charge in [-0.1, -0.05) is 23.7 Å². The summed E-state index contributed by atoms with van der Waals surface area (Å²) in [5.41, 5.74) is 9.24. The fourth-order valence-electron chi connectivity index (χ4n) is 2.08. The van der Waals surface area contributed by atoms with Crippen LogP contribution in [0.2, 0.25) is 5.02 Å². The third kappa shape index (κ3) is 2.26. The maximum absolute atomic E-state index is 6.23. The highest BCUT2D eigenvalue weighted by molar-refractivity contribution is 6.33. The molecule has 0 spiro atoms. The van der Waals surface area contributed by atoms with Gasteiger partial charge in [0.1, 0.15) is 12.1 Å². The first-order valence-corrected chi connectivity index (χ1v) is 6.55. The largest absolute Gasteiger partial charge is 0.399 e. The van der Waals surface area contributed by atoms with Crippen LogP contribution in [0.5, 0.6) is 0 Å². The summed E-state index contributed by atoms with van der Waals surface area (Å²) in [6.07, 6.45) is 1.52. The molecule has 20 heavy (non-hydrogen) atoms. The second-order valence-corrected chi connectivity index (χ2v) is 4.96. The maximum Gasteiger partial charge on any atom is 0.141 e. The highest BCUT2D eigenvalue weighted by Crippen LogP contribution is 2.31. The van der Waals surface area contributed by atoms with E-state index in [1.54, 1.807) is 0 Å². The maximum atomic E-state index is 6.23. The van der Waals surface area contributed by atoms with E-state index in [2.05, 4.69) is 15.3 Å². The molecule has 0 saturated heterocycles. The Morgan fingerprint density at radius 1 is 1.15 bits per heavy atom. The van der Waals surface area contributed by atoms with Crippen molar-refractivity contribution in [3.63, 3.8) is 0 Å². The van der Waals surface area contributed by atoms with E-state index >= 15 is 0 Å². The van der Waals surface area contributed by atoms with Crippen LogP contribution in [-0.2, 0) is 0 Å². The smallest absolute Gasteiger partial charge is 0.141 e. The summed E-state index contributed by atoms with van der Waals surface area (Å²) < 4.78 is 0. The van der Waals surface area contributed by atoms with E-state index in [0.717, 1.165) is 22.2 Å². The molecule has 0 aliphatic heterocycles. The van der Waals surface area contributed by atoms with Crippen LogP contribution in [-0.4, -0.2) is 9.97 Å². The molecule has 1 heterocycles. The number of nitrogens with one attached hydrogen (secondary N) is 1. The first-order valence-electron chi connectivity index (χ1n) is 6.17. The first kappa shape index (κ1) is 12.7. The van der Waals surface area contributed by atoms with Gasteiger partial charge in [0.2, 0.25) is 0 Å². The van der Waals surface area contributed by atoms with Gasteiger partial charge in [0, 0.05) is 11.1 Å². The third-order valence-corrected chi connectivity index (χ3v) is 3.44. The van der Waals surface area contributed by atoms with Crippen molar-refractivity contribution in [2.75, 3.05) is 11.1 Å². The second kappa shape index (κ2) is 4.98. The summed E-state index contributed by atoms with van der Waals surface area (Å²) >= 11 is 6.23. The van der Waals surface area contributed by atoms with E-state index < -0.39 is 0 Å². The molecule has 0 bridgehead atoms. The number of aromatic nitrogens is 2. The normalized spacial score (nSPS) is 10.7. The molecule has 0 radical (unpaired) electrons. The molecule has 0 saturated carbocycles. The zero-order chi connectivity index (χ0) is 14.1. The average molecular weight is 285 g/mol. The van der Waals surface area contributed by atoms with E-state index in [1.807, 2.05) is 43.3 Å². The van der Waals surface area contributed by atoms with Crippen molar-refractivity contribution in [2.45, 2.75) is 6.92 Å². The van der Waals surface area contributed by atoms with Crippen molar-refractivity contribution in [3.8, 4) is 0 Å². The van der Waals surface area contributed by atoms with Crippen LogP contribution >= 0.6 is 11.6 Å². The fraction of sp³-hybridized carbons (Fsp3) is 0.0667. The number of aryl methyl sites for hydroxylation is 1. The number of nitrogens with zero attached hydrogens (tertiary/aromatic N) is 2. The summed E-state index contributed by atoms with van der Waals surface area (Å²) in [6.45, 7) is 1.99. The molecule has 2 aromatic carbocycles. The number of para-hydroxylation sites is 1. The van der Waals surface area contributed by atoms with Gasteiger partial charge >= 0.3 is 0 Å². The Bertz CT molecular complexity index is 766. The van der Waals surface area contributed by atoms with Gasteiger partial charge in [0.25, 0.3) is 0 Å². The number of nitrogens with two attached hydrogens (primary N) is 1. The minimum atomic E-state index is 0.653. The van der Waals surface area contributed by atoms with E-state index in [4.69, 9.17) is 17.3 Å². The molecule has 0 atom stereocenters. The second-order valence-electron chi connectivity index (χ2n) is 4.56. The van der Waals surface area contributed by atoms with Crippen molar-refractivity contribution in [2.24, 2.45) is 0 Å². The SMILES string of the molecule is Cc1cccc(Cl)c1Nc1ncnc2ccc(N)cc12. The number of hydrogen-bond acceptors (Lipinski definition) is 4. The Kier molecular flexibility index (Phi) is 3.16. The van der Waals surface area contributed by atoms with E-state index in [0.29, 0.717) is 16.5 Å². The minimum Gasteiger partial charge on any atom is -0.399 e. The van der Waals surface area contributed by atoms with Crippen LogP contribution in [0.15, 0.2) is 42.7 Å². The molecule has 1 aromatic heterocycles. The van der Waals surface area contributed by atoms with Crippen LogP contribution in [0.25, 0.3) is 10.9 Å². The Balaban J connectivity index is 2.13. The number of halogens is 1. The van der Waals surface area contributed by atoms with Crippen molar-refractivity contribution in [1.29, 1.82) is 0 Å². The predicted octanol–water partition coefficient (Wildman–Crippen LogP) is 3.92. The van der Waals surface area contributed by atoms with Gasteiger partial charge < -0.3 is 11.1 Å². The summed E-state index contributed by atoms with van der Waals surface area (Å²) in [6, 6.07) is 11.3. The number of benzene rings is 2. The molecule has 100 valence electrons. The van der Waals surface area contributed by atoms with Crippen molar-refractivity contribution in [1.82, 2.24) is 9.97 Å². The molecule has 5 heteroatoms. The Morgan fingerprint density at radius 3 is 2.80 bits per heavy atom. The van der Waals surface area contributed by atoms with E-state index in [-0.39, 0.29) is 0 Å². The molecule has 0 fully saturated rings. The number of hydrogen-bond donors (Lipinski definition) is 2. The van der Waals surface area contributed by atoms with Gasteiger partial charge in [-0.2, -0.15) is 0 Å². The third-order valence-electron chi connectivity index (χ3n) is 3.12. The average Bonchev–Trinajstić information content (AvgIpc) is 2.43. The molecule has 0 amide bonds. The first-order chi connectivity index (χ1) is 9.65. The van der Waals surface area contributed by atoms with Gasteiger partial charge in [-0.15, -0.1) is 0 Å². The Labute approximate surface area is 121 Å². The summed E-state index contributed by atoms with van der Waals surface area (Å²) in [4.78, 5) is 8.52. The van der Waals surface area contributed by atoms with Gasteiger partial charge in [0.15, 0.2) is 0 Å². The summed E-state index contributed by atoms with van der Waals surface area (Å²) in [5.74, 6) is 0.693. The molecule has 0 unspecified atom stereocenters. The van der Waals surface area contributed by atoms with Crippen LogP contribution < -0.4 is 11.1 Å². The number of anilines is 3. The fourth-order valence-corrected chi connectivity index (χ4v) is 2.35. The molecule has 3 aromatic rings. The Morgan fingerprint density at radius 2 is 2.00 bits per heavy atom. The van der Waals surface area contributed by atoms with Gasteiger partial charge in [0.05, 0.1) is 16.2 Å². The minimum absolute atomic E-state index is 0.653. The monoisotopic (exact) mass is 284 g/mol. The molecule has 4 nitrogen and oxygen atoms in total. The standard InChI is InChI=1S/C15H13ClN4/c1-9-3-2-4-12(16)14(9)20-15-11-7-10(17)5-6-13(11)18-8-19-15/h2-8H,17H2,1H3,(H,18,19,20). The van der Waals surface area contributed by atoms with E-state index in [1.165, 1.54) is 6.33 Å². The van der Waals surface area contributed by atoms with Crippen LogP contribution in [0, 0.1) is 6.92 Å². The highest BCUT2D eigenvalue weighted by atomic mass is 35.5. The topological polar surface area (TPSA) is 63.8 Å². The highest BCUT2D eigenvalue weighted by Gasteiger charge is 2.08.